The standard InChI is InChI=1S/C39H45ClF2N6O4/c1-5-22(3)33(36(50)44-21-24-12-15-43-16-13-24)47-38(52)39(14-11-31-28(20-39)27-18-26(41)19-29(40)35(27)45-31)48-37(51)34(23(4)6-2)46-32(49)17-25-9-7-8-10-30(25)42/h7-10,12-13,15-16,18-19,22-23,33-34,45H,5-6,11,14,17,20-21H2,1-4H3,(H,44,50)(H,46,49)(H,47,52)(H,48,51)/t22?,23?,33-,34-,39+/m0/s1. The Bertz CT molecular complexity index is 1940. The number of H-pyrrole nitrogens is 1. The number of aromatic nitrogens is 2. The number of benzene rings is 2. The predicted octanol–water partition coefficient (Wildman–Crippen LogP) is 5.46. The number of halogens is 3. The van der Waals surface area contributed by atoms with E-state index in [1.54, 1.807) is 37.5 Å². The number of aryl methyl sites for hydroxylation is 1. The number of fused-ring (bicyclic) bond motifs is 3. The van der Waals surface area contributed by atoms with E-state index in [9.17, 15) is 28.0 Å². The molecule has 2 aromatic heterocycles. The van der Waals surface area contributed by atoms with Gasteiger partial charge in [0.1, 0.15) is 29.3 Å². The highest BCUT2D eigenvalue weighted by Gasteiger charge is 2.47. The molecule has 0 saturated heterocycles. The summed E-state index contributed by atoms with van der Waals surface area (Å²) in [5.74, 6) is -3.88. The highest BCUT2D eigenvalue weighted by molar-refractivity contribution is 6.35. The summed E-state index contributed by atoms with van der Waals surface area (Å²) < 4.78 is 29.1. The van der Waals surface area contributed by atoms with Gasteiger partial charge in [-0.1, -0.05) is 70.3 Å². The van der Waals surface area contributed by atoms with E-state index >= 15 is 0 Å². The highest BCUT2D eigenvalue weighted by atomic mass is 35.5. The lowest BCUT2D eigenvalue weighted by Gasteiger charge is -2.39. The summed E-state index contributed by atoms with van der Waals surface area (Å²) in [5.41, 5.74) is 1.30. The zero-order valence-electron chi connectivity index (χ0n) is 29.7. The number of hydrogen-bond donors (Lipinski definition) is 5. The van der Waals surface area contributed by atoms with Crippen LogP contribution in [0.1, 0.15) is 69.3 Å². The molecule has 52 heavy (non-hydrogen) atoms. The van der Waals surface area contributed by atoms with Crippen molar-refractivity contribution >= 4 is 46.1 Å². The number of aromatic amines is 1. The third kappa shape index (κ3) is 8.61. The molecule has 2 heterocycles. The summed E-state index contributed by atoms with van der Waals surface area (Å²) in [7, 11) is 0. The van der Waals surface area contributed by atoms with Crippen LogP contribution >= 0.6 is 11.6 Å². The third-order valence-corrected chi connectivity index (χ3v) is 10.5. The Kier molecular flexibility index (Phi) is 12.3. The smallest absolute Gasteiger partial charge is 0.246 e. The van der Waals surface area contributed by atoms with E-state index in [2.05, 4.69) is 31.2 Å². The van der Waals surface area contributed by atoms with Crippen LogP contribution in [0.25, 0.3) is 10.9 Å². The van der Waals surface area contributed by atoms with Crippen LogP contribution in [-0.4, -0.2) is 51.2 Å². The molecule has 1 aliphatic rings. The molecule has 2 unspecified atom stereocenters. The van der Waals surface area contributed by atoms with Gasteiger partial charge >= 0.3 is 0 Å². The second-order valence-corrected chi connectivity index (χ2v) is 14.2. The Balaban J connectivity index is 1.47. The molecule has 5 atom stereocenters. The van der Waals surface area contributed by atoms with Crippen molar-refractivity contribution in [2.75, 3.05) is 0 Å². The van der Waals surface area contributed by atoms with E-state index in [1.807, 2.05) is 20.8 Å². The molecule has 4 amide bonds. The third-order valence-electron chi connectivity index (χ3n) is 10.2. The molecular formula is C39H45ClF2N6O4. The number of rotatable bonds is 14. The van der Waals surface area contributed by atoms with Gasteiger partial charge in [-0.05, 0) is 71.7 Å². The molecule has 5 N–H and O–H groups in total. The molecule has 1 aliphatic carbocycles. The van der Waals surface area contributed by atoms with Crippen LogP contribution in [0.4, 0.5) is 8.78 Å². The van der Waals surface area contributed by atoms with Crippen molar-refractivity contribution in [2.24, 2.45) is 11.8 Å². The average molecular weight is 735 g/mol. The van der Waals surface area contributed by atoms with E-state index in [-0.39, 0.29) is 48.2 Å². The number of nitrogens with zero attached hydrogens (tertiary/aromatic N) is 1. The maximum atomic E-state index is 14.7. The molecule has 0 saturated carbocycles. The number of nitrogens with one attached hydrogen (secondary N) is 5. The van der Waals surface area contributed by atoms with Crippen molar-refractivity contribution in [1.82, 2.24) is 31.2 Å². The number of hydrogen-bond acceptors (Lipinski definition) is 5. The molecule has 5 rings (SSSR count). The van der Waals surface area contributed by atoms with Gasteiger partial charge in [0.15, 0.2) is 0 Å². The van der Waals surface area contributed by atoms with Gasteiger partial charge in [0.25, 0.3) is 0 Å². The summed E-state index contributed by atoms with van der Waals surface area (Å²) in [5, 5.41) is 12.3. The van der Waals surface area contributed by atoms with Crippen LogP contribution in [0.15, 0.2) is 60.9 Å². The van der Waals surface area contributed by atoms with E-state index < -0.39 is 52.9 Å². The van der Waals surface area contributed by atoms with Gasteiger partial charge in [0.05, 0.1) is 17.0 Å². The topological polar surface area (TPSA) is 145 Å². The van der Waals surface area contributed by atoms with Crippen molar-refractivity contribution < 1.29 is 28.0 Å². The quantitative estimate of drug-likeness (QED) is 0.117. The van der Waals surface area contributed by atoms with Crippen LogP contribution in [0.2, 0.25) is 5.02 Å². The Morgan fingerprint density at radius 1 is 0.942 bits per heavy atom. The molecule has 13 heteroatoms. The second-order valence-electron chi connectivity index (χ2n) is 13.7. The van der Waals surface area contributed by atoms with E-state index in [0.29, 0.717) is 35.7 Å². The highest BCUT2D eigenvalue weighted by Crippen LogP contribution is 2.37. The van der Waals surface area contributed by atoms with Gasteiger partial charge in [0.2, 0.25) is 23.6 Å². The fraction of sp³-hybridized carbons (Fsp3) is 0.410. The van der Waals surface area contributed by atoms with E-state index in [1.165, 1.54) is 30.3 Å². The maximum absolute atomic E-state index is 14.7. The van der Waals surface area contributed by atoms with Gasteiger partial charge in [-0.3, -0.25) is 24.2 Å². The molecular weight excluding hydrogens is 690 g/mol. The van der Waals surface area contributed by atoms with Crippen molar-refractivity contribution in [3.63, 3.8) is 0 Å². The van der Waals surface area contributed by atoms with Gasteiger partial charge in [-0.2, -0.15) is 0 Å². The minimum absolute atomic E-state index is 0.0397. The zero-order chi connectivity index (χ0) is 37.6. The predicted molar refractivity (Wildman–Crippen MR) is 195 cm³/mol. The fourth-order valence-electron chi connectivity index (χ4n) is 6.66. The molecule has 0 bridgehead atoms. The van der Waals surface area contributed by atoms with Crippen LogP contribution in [-0.2, 0) is 45.0 Å². The van der Waals surface area contributed by atoms with Crippen LogP contribution in [0.5, 0.6) is 0 Å². The number of carbonyl (C=O) groups excluding carboxylic acids is 4. The Morgan fingerprint density at radius 3 is 2.29 bits per heavy atom. The number of pyridine rings is 1. The summed E-state index contributed by atoms with van der Waals surface area (Å²) in [6, 6.07) is 10.00. The lowest BCUT2D eigenvalue weighted by molar-refractivity contribution is -0.139. The van der Waals surface area contributed by atoms with Gasteiger partial charge in [-0.25, -0.2) is 8.78 Å². The molecule has 4 aromatic rings. The fourth-order valence-corrected chi connectivity index (χ4v) is 6.92. The van der Waals surface area contributed by atoms with E-state index in [0.717, 1.165) is 11.3 Å². The van der Waals surface area contributed by atoms with Crippen LogP contribution in [0, 0.1) is 23.5 Å². The van der Waals surface area contributed by atoms with Crippen molar-refractivity contribution in [3.8, 4) is 0 Å². The molecule has 276 valence electrons. The van der Waals surface area contributed by atoms with Crippen molar-refractivity contribution in [3.05, 3.63) is 100.0 Å². The summed E-state index contributed by atoms with van der Waals surface area (Å²) in [4.78, 5) is 63.1. The van der Waals surface area contributed by atoms with Gasteiger partial charge in [-0.15, -0.1) is 0 Å². The SMILES string of the molecule is CCC(C)[C@H](NC(=O)Cc1ccccc1F)C(=O)N[C@]1(C(=O)N[C@H](C(=O)NCc2ccncc2)C(C)CC)CCc2[nH]c3c(Cl)cc(F)cc3c2C1. The number of carbonyl (C=O) groups is 4. The number of amides is 4. The molecule has 0 fully saturated rings. The zero-order valence-corrected chi connectivity index (χ0v) is 30.5. The Labute approximate surface area is 306 Å². The van der Waals surface area contributed by atoms with Gasteiger partial charge in [0, 0.05) is 36.4 Å². The Hall–Kier alpha value is -4.84. The van der Waals surface area contributed by atoms with E-state index in [4.69, 9.17) is 11.6 Å². The molecule has 0 spiro atoms. The van der Waals surface area contributed by atoms with Crippen molar-refractivity contribution in [1.29, 1.82) is 0 Å². The summed E-state index contributed by atoms with van der Waals surface area (Å²) >= 11 is 6.41. The minimum Gasteiger partial charge on any atom is -0.357 e. The first-order valence-electron chi connectivity index (χ1n) is 17.7. The molecule has 0 radical (unpaired) electrons. The van der Waals surface area contributed by atoms with Crippen LogP contribution in [0.3, 0.4) is 0 Å². The first-order chi connectivity index (χ1) is 24.8. The van der Waals surface area contributed by atoms with Crippen LogP contribution < -0.4 is 21.3 Å². The monoisotopic (exact) mass is 734 g/mol. The summed E-state index contributed by atoms with van der Waals surface area (Å²) in [6.07, 6.45) is 4.43. The first-order valence-corrected chi connectivity index (χ1v) is 18.0. The molecule has 0 aliphatic heterocycles. The summed E-state index contributed by atoms with van der Waals surface area (Å²) in [6.45, 7) is 7.66. The average Bonchev–Trinajstić information content (AvgIpc) is 3.50. The molecule has 2 aromatic carbocycles. The lowest BCUT2D eigenvalue weighted by Crippen LogP contribution is -2.67. The van der Waals surface area contributed by atoms with Crippen molar-refractivity contribution in [2.45, 2.75) is 90.4 Å². The second kappa shape index (κ2) is 16.7. The largest absolute Gasteiger partial charge is 0.357 e. The van der Waals surface area contributed by atoms with Gasteiger partial charge < -0.3 is 26.3 Å². The normalized spacial score (nSPS) is 17.7. The molecule has 10 nitrogen and oxygen atoms in total. The first kappa shape index (κ1) is 38.4. The minimum atomic E-state index is -1.60. The maximum Gasteiger partial charge on any atom is 0.246 e. The Morgan fingerprint density at radius 2 is 1.62 bits per heavy atom. The lowest BCUT2D eigenvalue weighted by atomic mass is 9.78.